The monoisotopic (exact) mass is 415 g/mol. The Balaban J connectivity index is 2.47. The third-order valence-corrected chi connectivity index (χ3v) is 4.78. The van der Waals surface area contributed by atoms with Gasteiger partial charge in [0.25, 0.3) is 0 Å². The van der Waals surface area contributed by atoms with Crippen LogP contribution in [-0.2, 0) is 12.8 Å². The maximum absolute atomic E-state index is 12.4. The number of rotatable bonds is 8. The van der Waals surface area contributed by atoms with Crippen molar-refractivity contribution in [3.05, 3.63) is 34.6 Å². The van der Waals surface area contributed by atoms with E-state index in [1.165, 1.54) is 12.1 Å². The van der Waals surface area contributed by atoms with E-state index in [-0.39, 0.29) is 10.8 Å². The minimum absolute atomic E-state index is 0.133. The van der Waals surface area contributed by atoms with E-state index in [2.05, 4.69) is 23.9 Å². The summed E-state index contributed by atoms with van der Waals surface area (Å²) in [6, 6.07) is 4.17. The molecular formula is C20H25ClF3N3O. The lowest BCUT2D eigenvalue weighted by molar-refractivity contribution is -0.274. The molecule has 0 aliphatic heterocycles. The van der Waals surface area contributed by atoms with Crippen LogP contribution in [0.15, 0.2) is 18.2 Å². The molecule has 2 rings (SSSR count). The molecule has 0 spiro atoms. The molecule has 0 aliphatic rings. The number of nitrogens with one attached hydrogen (secondary N) is 1. The molecule has 1 aromatic carbocycles. The summed E-state index contributed by atoms with van der Waals surface area (Å²) in [6.07, 6.45) is -1.55. The van der Waals surface area contributed by atoms with Gasteiger partial charge >= 0.3 is 6.36 Å². The van der Waals surface area contributed by atoms with E-state index < -0.39 is 6.36 Å². The van der Waals surface area contributed by atoms with Gasteiger partial charge < -0.3 is 10.1 Å². The number of anilines is 1. The second-order valence-electron chi connectivity index (χ2n) is 6.37. The number of nitrogens with zero attached hydrogens (tertiary/aromatic N) is 2. The number of ether oxygens (including phenoxy) is 1. The summed E-state index contributed by atoms with van der Waals surface area (Å²) in [5.74, 6) is 0.389. The first kappa shape index (κ1) is 22.3. The normalized spacial score (nSPS) is 11.8. The van der Waals surface area contributed by atoms with Gasteiger partial charge in [-0.1, -0.05) is 39.3 Å². The van der Waals surface area contributed by atoms with E-state index in [0.717, 1.165) is 36.1 Å². The van der Waals surface area contributed by atoms with Crippen LogP contribution in [0.3, 0.4) is 0 Å². The van der Waals surface area contributed by atoms with Gasteiger partial charge in [-0.2, -0.15) is 0 Å². The van der Waals surface area contributed by atoms with Crippen molar-refractivity contribution in [1.82, 2.24) is 9.97 Å². The molecule has 0 atom stereocenters. The van der Waals surface area contributed by atoms with Crippen LogP contribution in [0.4, 0.5) is 19.0 Å². The molecule has 8 heteroatoms. The second kappa shape index (κ2) is 9.45. The van der Waals surface area contributed by atoms with Gasteiger partial charge in [0.2, 0.25) is 0 Å². The summed E-state index contributed by atoms with van der Waals surface area (Å²) >= 11 is 6.26. The SMILES string of the molecule is CCc1nc(-c2ccc(OC(F)(F)F)cc2Cl)c(CC)nc1NC(CC)CC. The van der Waals surface area contributed by atoms with Gasteiger partial charge in [-0.05, 0) is 43.9 Å². The molecule has 154 valence electrons. The van der Waals surface area contributed by atoms with Crippen LogP contribution >= 0.6 is 11.6 Å². The smallest absolute Gasteiger partial charge is 0.406 e. The quantitative estimate of drug-likeness (QED) is 0.540. The van der Waals surface area contributed by atoms with Crippen LogP contribution in [0.1, 0.15) is 51.9 Å². The number of hydrogen-bond acceptors (Lipinski definition) is 4. The molecule has 28 heavy (non-hydrogen) atoms. The molecule has 1 N–H and O–H groups in total. The molecule has 0 aliphatic carbocycles. The summed E-state index contributed by atoms with van der Waals surface area (Å²) in [5.41, 5.74) is 2.64. The summed E-state index contributed by atoms with van der Waals surface area (Å²) in [6.45, 7) is 8.16. The van der Waals surface area contributed by atoms with Gasteiger partial charge in [0.1, 0.15) is 11.6 Å². The molecular weight excluding hydrogens is 391 g/mol. The second-order valence-corrected chi connectivity index (χ2v) is 6.78. The minimum atomic E-state index is -4.77. The minimum Gasteiger partial charge on any atom is -0.406 e. The first-order valence-corrected chi connectivity index (χ1v) is 9.82. The van der Waals surface area contributed by atoms with Crippen molar-refractivity contribution in [2.24, 2.45) is 0 Å². The van der Waals surface area contributed by atoms with Gasteiger partial charge in [-0.3, -0.25) is 0 Å². The summed E-state index contributed by atoms with van der Waals surface area (Å²) in [4.78, 5) is 9.50. The summed E-state index contributed by atoms with van der Waals surface area (Å²) < 4.78 is 41.2. The first-order chi connectivity index (χ1) is 13.2. The highest BCUT2D eigenvalue weighted by Gasteiger charge is 2.31. The number of aromatic nitrogens is 2. The summed E-state index contributed by atoms with van der Waals surface area (Å²) in [5, 5.41) is 3.58. The molecule has 1 heterocycles. The maximum atomic E-state index is 12.4. The van der Waals surface area contributed by atoms with Gasteiger partial charge in [0.15, 0.2) is 0 Å². The molecule has 0 radical (unpaired) electrons. The third kappa shape index (κ3) is 5.50. The van der Waals surface area contributed by atoms with Gasteiger partial charge in [-0.25, -0.2) is 9.97 Å². The summed E-state index contributed by atoms with van der Waals surface area (Å²) in [7, 11) is 0. The number of benzene rings is 1. The highest BCUT2D eigenvalue weighted by molar-refractivity contribution is 6.33. The van der Waals surface area contributed by atoms with Crippen molar-refractivity contribution < 1.29 is 17.9 Å². The van der Waals surface area contributed by atoms with Crippen molar-refractivity contribution in [3.63, 3.8) is 0 Å². The first-order valence-electron chi connectivity index (χ1n) is 9.44. The Kier molecular flexibility index (Phi) is 7.52. The van der Waals surface area contributed by atoms with E-state index in [1.54, 1.807) is 0 Å². The molecule has 0 bridgehead atoms. The fourth-order valence-electron chi connectivity index (χ4n) is 2.90. The topological polar surface area (TPSA) is 47.0 Å². The Bertz CT molecular complexity index is 808. The van der Waals surface area contributed by atoms with Crippen LogP contribution in [0.2, 0.25) is 5.02 Å². The lowest BCUT2D eigenvalue weighted by atomic mass is 10.1. The largest absolute Gasteiger partial charge is 0.573 e. The van der Waals surface area contributed by atoms with Crippen molar-refractivity contribution in [2.75, 3.05) is 5.32 Å². The zero-order valence-corrected chi connectivity index (χ0v) is 17.2. The van der Waals surface area contributed by atoms with Crippen molar-refractivity contribution in [1.29, 1.82) is 0 Å². The van der Waals surface area contributed by atoms with Crippen molar-refractivity contribution in [2.45, 2.75) is 65.8 Å². The van der Waals surface area contributed by atoms with Crippen LogP contribution in [-0.4, -0.2) is 22.4 Å². The van der Waals surface area contributed by atoms with E-state index in [0.29, 0.717) is 30.1 Å². The molecule has 2 aromatic rings. The highest BCUT2D eigenvalue weighted by Crippen LogP contribution is 2.35. The lowest BCUT2D eigenvalue weighted by Gasteiger charge is -2.20. The van der Waals surface area contributed by atoms with Gasteiger partial charge in [0, 0.05) is 11.6 Å². The van der Waals surface area contributed by atoms with Crippen LogP contribution in [0, 0.1) is 0 Å². The van der Waals surface area contributed by atoms with Crippen LogP contribution in [0.25, 0.3) is 11.3 Å². The third-order valence-electron chi connectivity index (χ3n) is 4.47. The predicted molar refractivity (Wildman–Crippen MR) is 106 cm³/mol. The van der Waals surface area contributed by atoms with E-state index in [4.69, 9.17) is 21.6 Å². The molecule has 0 saturated carbocycles. The fourth-order valence-corrected chi connectivity index (χ4v) is 3.16. The average Bonchev–Trinajstić information content (AvgIpc) is 2.64. The van der Waals surface area contributed by atoms with Gasteiger partial charge in [0.05, 0.1) is 22.1 Å². The molecule has 0 amide bonds. The molecule has 1 aromatic heterocycles. The van der Waals surface area contributed by atoms with Crippen LogP contribution in [0.5, 0.6) is 5.75 Å². The molecule has 0 unspecified atom stereocenters. The predicted octanol–water partition coefficient (Wildman–Crippen LogP) is 6.42. The Labute approximate surface area is 168 Å². The standard InChI is InChI=1S/C20H25ClF3N3O/c1-5-12(6-2)25-19-17(8-4)26-18(16(7-3)27-19)14-10-9-13(11-15(14)21)28-20(22,23)24/h9-12H,5-8H2,1-4H3,(H,25,27). The number of aryl methyl sites for hydroxylation is 2. The number of halogens is 4. The van der Waals surface area contributed by atoms with Gasteiger partial charge in [-0.15, -0.1) is 13.2 Å². The Hall–Kier alpha value is -2.02. The van der Waals surface area contributed by atoms with E-state index in [1.807, 2.05) is 13.8 Å². The molecule has 0 saturated heterocycles. The Morgan fingerprint density at radius 1 is 1.04 bits per heavy atom. The zero-order chi connectivity index (χ0) is 20.9. The van der Waals surface area contributed by atoms with E-state index in [9.17, 15) is 13.2 Å². The molecule has 0 fully saturated rings. The lowest BCUT2D eigenvalue weighted by Crippen LogP contribution is -2.20. The highest BCUT2D eigenvalue weighted by atomic mass is 35.5. The zero-order valence-electron chi connectivity index (χ0n) is 16.5. The molecule has 4 nitrogen and oxygen atoms in total. The Morgan fingerprint density at radius 2 is 1.68 bits per heavy atom. The maximum Gasteiger partial charge on any atom is 0.573 e. The van der Waals surface area contributed by atoms with Crippen LogP contribution < -0.4 is 10.1 Å². The number of alkyl halides is 3. The number of hydrogen-bond donors (Lipinski definition) is 1. The fraction of sp³-hybridized carbons (Fsp3) is 0.500. The van der Waals surface area contributed by atoms with Crippen molar-refractivity contribution in [3.8, 4) is 17.0 Å². The Morgan fingerprint density at radius 3 is 2.18 bits per heavy atom. The average molecular weight is 416 g/mol. The van der Waals surface area contributed by atoms with Crippen molar-refractivity contribution >= 4 is 17.4 Å². The van der Waals surface area contributed by atoms with E-state index >= 15 is 0 Å².